The largest absolute Gasteiger partial charge is 0.322 e. The van der Waals surface area contributed by atoms with Crippen LogP contribution < -0.4 is 16.2 Å². The van der Waals surface area contributed by atoms with Crippen LogP contribution in [0.15, 0.2) is 48.9 Å². The number of nitrogens with zero attached hydrogens (tertiary/aromatic N) is 3. The molecule has 0 bridgehead atoms. The third-order valence-electron chi connectivity index (χ3n) is 5.99. The second-order valence-corrected chi connectivity index (χ2v) is 7.69. The number of rotatable bonds is 3. The van der Waals surface area contributed by atoms with Gasteiger partial charge in [0.1, 0.15) is 5.56 Å². The number of aromatic nitrogens is 3. The fourth-order valence-corrected chi connectivity index (χ4v) is 4.52. The van der Waals surface area contributed by atoms with Crippen molar-refractivity contribution in [3.05, 3.63) is 60.0 Å². The van der Waals surface area contributed by atoms with Crippen molar-refractivity contribution in [1.29, 1.82) is 0 Å². The molecule has 0 spiro atoms. The summed E-state index contributed by atoms with van der Waals surface area (Å²) in [5.74, 6) is 0.249. The van der Waals surface area contributed by atoms with E-state index in [2.05, 4.69) is 26.3 Å². The Hall–Kier alpha value is -3.26. The highest BCUT2D eigenvalue weighted by Gasteiger charge is 2.40. The van der Waals surface area contributed by atoms with Crippen LogP contribution in [0.2, 0.25) is 0 Å². The van der Waals surface area contributed by atoms with Crippen molar-refractivity contribution in [2.24, 2.45) is 11.8 Å². The summed E-state index contributed by atoms with van der Waals surface area (Å²) in [6.45, 7) is 0. The number of fused-ring (bicyclic) bond motifs is 2. The van der Waals surface area contributed by atoms with Gasteiger partial charge in [0.15, 0.2) is 5.65 Å². The lowest BCUT2D eigenvalue weighted by atomic mass is 9.72. The summed E-state index contributed by atoms with van der Waals surface area (Å²) in [5, 5.41) is 7.06. The van der Waals surface area contributed by atoms with E-state index in [9.17, 15) is 9.59 Å². The van der Waals surface area contributed by atoms with E-state index in [1.54, 1.807) is 23.0 Å². The molecule has 3 atom stereocenters. The highest BCUT2D eigenvalue weighted by Crippen LogP contribution is 2.40. The Labute approximate surface area is 167 Å². The molecule has 5 rings (SSSR count). The fourth-order valence-electron chi connectivity index (χ4n) is 4.52. The van der Waals surface area contributed by atoms with E-state index in [1.165, 1.54) is 6.20 Å². The molecule has 3 heterocycles. The summed E-state index contributed by atoms with van der Waals surface area (Å²) < 4.78 is 1.57. The van der Waals surface area contributed by atoms with Crippen LogP contribution in [-0.4, -0.2) is 26.4 Å². The third kappa shape index (κ3) is 3.25. The molecule has 1 aliphatic heterocycles. The molecular formula is C21H22N6O2. The second kappa shape index (κ2) is 7.29. The van der Waals surface area contributed by atoms with E-state index >= 15 is 0 Å². The minimum absolute atomic E-state index is 0.0810. The zero-order valence-corrected chi connectivity index (χ0v) is 15.8. The van der Waals surface area contributed by atoms with Crippen molar-refractivity contribution >= 4 is 23.1 Å². The number of amides is 2. The van der Waals surface area contributed by atoms with Gasteiger partial charge in [0, 0.05) is 24.0 Å². The summed E-state index contributed by atoms with van der Waals surface area (Å²) >= 11 is 0. The van der Waals surface area contributed by atoms with Crippen molar-refractivity contribution in [2.75, 3.05) is 5.32 Å². The molecule has 2 aromatic heterocycles. The molecule has 1 aliphatic carbocycles. The van der Waals surface area contributed by atoms with Crippen LogP contribution in [0.25, 0.3) is 5.65 Å². The first-order valence-electron chi connectivity index (χ1n) is 9.96. The topological polar surface area (TPSA) is 100 Å². The first-order valence-corrected chi connectivity index (χ1v) is 9.96. The van der Waals surface area contributed by atoms with E-state index in [-0.39, 0.29) is 23.8 Å². The van der Waals surface area contributed by atoms with Crippen LogP contribution >= 0.6 is 0 Å². The molecule has 1 saturated heterocycles. The van der Waals surface area contributed by atoms with Gasteiger partial charge in [-0.2, -0.15) is 5.10 Å². The molecule has 3 aromatic rings. The zero-order chi connectivity index (χ0) is 19.8. The Morgan fingerprint density at radius 1 is 1.17 bits per heavy atom. The van der Waals surface area contributed by atoms with Crippen LogP contribution in [0.3, 0.4) is 0 Å². The van der Waals surface area contributed by atoms with Crippen molar-refractivity contribution in [3.8, 4) is 0 Å². The normalized spacial score (nSPS) is 24.0. The quantitative estimate of drug-likeness (QED) is 0.638. The number of anilines is 1. The lowest BCUT2D eigenvalue weighted by Crippen LogP contribution is -2.55. The predicted molar refractivity (Wildman–Crippen MR) is 107 cm³/mol. The maximum atomic E-state index is 12.6. The molecule has 0 radical (unpaired) electrons. The highest BCUT2D eigenvalue weighted by molar-refractivity contribution is 6.08. The van der Waals surface area contributed by atoms with Gasteiger partial charge in [0.25, 0.3) is 5.91 Å². The summed E-state index contributed by atoms with van der Waals surface area (Å²) in [4.78, 5) is 29.0. The number of hydrogen-bond donors (Lipinski definition) is 3. The van der Waals surface area contributed by atoms with Gasteiger partial charge in [-0.1, -0.05) is 25.0 Å². The van der Waals surface area contributed by atoms with Gasteiger partial charge in [-0.15, -0.1) is 0 Å². The summed E-state index contributed by atoms with van der Waals surface area (Å²) in [7, 11) is 0. The predicted octanol–water partition coefficient (Wildman–Crippen LogP) is 2.46. The lowest BCUT2D eigenvalue weighted by Gasteiger charge is -2.41. The highest BCUT2D eigenvalue weighted by atomic mass is 16.2. The number of carbonyl (C=O) groups is 2. The molecule has 2 aliphatic rings. The van der Waals surface area contributed by atoms with Crippen LogP contribution in [0, 0.1) is 11.8 Å². The molecule has 1 aromatic carbocycles. The lowest BCUT2D eigenvalue weighted by molar-refractivity contribution is -0.133. The van der Waals surface area contributed by atoms with Gasteiger partial charge >= 0.3 is 0 Å². The summed E-state index contributed by atoms with van der Waals surface area (Å²) in [6.07, 6.45) is 9.19. The number of hydrazine groups is 1. The Kier molecular flexibility index (Phi) is 4.48. The molecule has 1 saturated carbocycles. The Morgan fingerprint density at radius 3 is 2.86 bits per heavy atom. The molecule has 3 N–H and O–H groups in total. The van der Waals surface area contributed by atoms with Gasteiger partial charge in [-0.25, -0.2) is 14.9 Å². The average Bonchev–Trinajstić information content (AvgIpc) is 3.19. The third-order valence-corrected chi connectivity index (χ3v) is 5.99. The fraction of sp³-hybridized carbons (Fsp3) is 0.333. The summed E-state index contributed by atoms with van der Waals surface area (Å²) in [6, 6.07) is 9.64. The maximum absolute atomic E-state index is 12.6. The number of benzene rings is 1. The van der Waals surface area contributed by atoms with Gasteiger partial charge < -0.3 is 5.32 Å². The van der Waals surface area contributed by atoms with Crippen molar-refractivity contribution in [2.45, 2.75) is 31.7 Å². The monoisotopic (exact) mass is 390 g/mol. The number of hydrogen-bond acceptors (Lipinski definition) is 5. The van der Waals surface area contributed by atoms with Crippen molar-refractivity contribution in [3.63, 3.8) is 0 Å². The van der Waals surface area contributed by atoms with Crippen LogP contribution in [0.1, 0.15) is 47.6 Å². The van der Waals surface area contributed by atoms with Crippen molar-refractivity contribution in [1.82, 2.24) is 25.4 Å². The van der Waals surface area contributed by atoms with Crippen molar-refractivity contribution < 1.29 is 9.59 Å². The SMILES string of the molecule is O=C(Nc1ccc(C2NNC(=O)C3CCCCC32)cc1)c1cnn2cccnc12. The first-order chi connectivity index (χ1) is 14.2. The van der Waals surface area contributed by atoms with E-state index in [4.69, 9.17) is 0 Å². The van der Waals surface area contributed by atoms with Gasteiger partial charge in [-0.3, -0.25) is 15.0 Å². The standard InChI is InChI=1S/C21H22N6O2/c28-20(17-12-23-27-11-3-10-22-19(17)27)24-14-8-6-13(7-9-14)18-15-4-1-2-5-16(15)21(29)26-25-18/h3,6-12,15-16,18,25H,1-2,4-5H2,(H,24,28)(H,26,29). The molecule has 3 unspecified atom stereocenters. The van der Waals surface area contributed by atoms with Crippen LogP contribution in [-0.2, 0) is 4.79 Å². The molecule has 8 heteroatoms. The Morgan fingerprint density at radius 2 is 2.00 bits per heavy atom. The maximum Gasteiger partial charge on any atom is 0.261 e. The number of carbonyl (C=O) groups excluding carboxylic acids is 2. The molecule has 29 heavy (non-hydrogen) atoms. The smallest absolute Gasteiger partial charge is 0.261 e. The Balaban J connectivity index is 1.32. The zero-order valence-electron chi connectivity index (χ0n) is 15.8. The van der Waals surface area contributed by atoms with E-state index in [0.29, 0.717) is 22.8 Å². The average molecular weight is 390 g/mol. The van der Waals surface area contributed by atoms with Crippen LogP contribution in [0.5, 0.6) is 0 Å². The molecule has 148 valence electrons. The number of nitrogens with one attached hydrogen (secondary N) is 3. The van der Waals surface area contributed by atoms with Gasteiger partial charge in [0.05, 0.1) is 12.2 Å². The van der Waals surface area contributed by atoms with Gasteiger partial charge in [0.2, 0.25) is 5.91 Å². The first kappa shape index (κ1) is 17.8. The second-order valence-electron chi connectivity index (χ2n) is 7.69. The summed E-state index contributed by atoms with van der Waals surface area (Å²) in [5.41, 5.74) is 8.78. The van der Waals surface area contributed by atoms with E-state index < -0.39 is 0 Å². The molecule has 8 nitrogen and oxygen atoms in total. The Bertz CT molecular complexity index is 1060. The van der Waals surface area contributed by atoms with E-state index in [1.807, 2.05) is 24.3 Å². The molecule has 2 fully saturated rings. The van der Waals surface area contributed by atoms with Gasteiger partial charge in [-0.05, 0) is 42.5 Å². The van der Waals surface area contributed by atoms with Crippen LogP contribution in [0.4, 0.5) is 5.69 Å². The molecule has 2 amide bonds. The minimum atomic E-state index is -0.248. The molecular weight excluding hydrogens is 368 g/mol. The minimum Gasteiger partial charge on any atom is -0.322 e. The van der Waals surface area contributed by atoms with E-state index in [0.717, 1.165) is 31.2 Å².